The Hall–Kier alpha value is -2.67. The second-order valence-corrected chi connectivity index (χ2v) is 4.62. The number of rotatable bonds is 7. The third-order valence-electron chi connectivity index (χ3n) is 2.88. The fourth-order valence-corrected chi connectivity index (χ4v) is 1.90. The topological polar surface area (TPSA) is 93.4 Å². The van der Waals surface area contributed by atoms with Crippen LogP contribution in [-0.4, -0.2) is 46.5 Å². The molecule has 0 radical (unpaired) electrons. The summed E-state index contributed by atoms with van der Waals surface area (Å²) in [6.07, 6.45) is 0. The summed E-state index contributed by atoms with van der Waals surface area (Å²) in [5, 5.41) is 15.3. The minimum Gasteiger partial charge on any atom is -0.480 e. The molecule has 116 valence electrons. The SMILES string of the molecule is Cc1cc(C(=O)NCCOCC(=O)O)nn1-c1ccccc1. The van der Waals surface area contributed by atoms with Crippen LogP contribution in [0.3, 0.4) is 0 Å². The van der Waals surface area contributed by atoms with Gasteiger partial charge in [-0.15, -0.1) is 0 Å². The van der Waals surface area contributed by atoms with Crippen LogP contribution in [0.1, 0.15) is 16.2 Å². The van der Waals surface area contributed by atoms with Crippen LogP contribution in [0.5, 0.6) is 0 Å². The van der Waals surface area contributed by atoms with Crippen molar-refractivity contribution < 1.29 is 19.4 Å². The van der Waals surface area contributed by atoms with Crippen LogP contribution in [0.25, 0.3) is 5.69 Å². The van der Waals surface area contributed by atoms with E-state index in [9.17, 15) is 9.59 Å². The van der Waals surface area contributed by atoms with Crippen molar-refractivity contribution in [1.82, 2.24) is 15.1 Å². The van der Waals surface area contributed by atoms with Gasteiger partial charge in [0, 0.05) is 12.2 Å². The van der Waals surface area contributed by atoms with E-state index < -0.39 is 5.97 Å². The van der Waals surface area contributed by atoms with Gasteiger partial charge in [0.2, 0.25) is 0 Å². The Morgan fingerprint density at radius 3 is 2.73 bits per heavy atom. The zero-order valence-corrected chi connectivity index (χ0v) is 12.2. The van der Waals surface area contributed by atoms with E-state index in [-0.39, 0.29) is 25.7 Å². The van der Waals surface area contributed by atoms with E-state index in [0.29, 0.717) is 5.69 Å². The number of aromatic nitrogens is 2. The van der Waals surface area contributed by atoms with Crippen LogP contribution >= 0.6 is 0 Å². The highest BCUT2D eigenvalue weighted by molar-refractivity contribution is 5.92. The van der Waals surface area contributed by atoms with Gasteiger partial charge < -0.3 is 15.2 Å². The minimum absolute atomic E-state index is 0.135. The molecule has 0 aliphatic heterocycles. The molecular formula is C15H17N3O4. The lowest BCUT2D eigenvalue weighted by Gasteiger charge is -2.04. The lowest BCUT2D eigenvalue weighted by molar-refractivity contribution is -0.142. The lowest BCUT2D eigenvalue weighted by Crippen LogP contribution is -2.28. The normalized spacial score (nSPS) is 10.4. The molecule has 0 aliphatic rings. The Balaban J connectivity index is 1.93. The highest BCUT2D eigenvalue weighted by Gasteiger charge is 2.12. The summed E-state index contributed by atoms with van der Waals surface area (Å²) in [5.41, 5.74) is 2.03. The number of para-hydroxylation sites is 1. The van der Waals surface area contributed by atoms with Gasteiger partial charge in [-0.3, -0.25) is 4.79 Å². The first kappa shape index (κ1) is 15.7. The van der Waals surface area contributed by atoms with Crippen molar-refractivity contribution in [2.24, 2.45) is 0 Å². The molecule has 1 heterocycles. The molecule has 7 heteroatoms. The predicted molar refractivity (Wildman–Crippen MR) is 79.1 cm³/mol. The number of nitrogens with zero attached hydrogens (tertiary/aromatic N) is 2. The molecule has 0 saturated carbocycles. The molecule has 0 aliphatic carbocycles. The molecule has 0 bridgehead atoms. The number of ether oxygens (including phenoxy) is 1. The summed E-state index contributed by atoms with van der Waals surface area (Å²) in [6, 6.07) is 11.2. The Labute approximate surface area is 127 Å². The summed E-state index contributed by atoms with van der Waals surface area (Å²) >= 11 is 0. The third-order valence-corrected chi connectivity index (χ3v) is 2.88. The van der Waals surface area contributed by atoms with Gasteiger partial charge in [0.1, 0.15) is 6.61 Å². The molecule has 2 N–H and O–H groups in total. The van der Waals surface area contributed by atoms with E-state index in [0.717, 1.165) is 11.4 Å². The molecule has 7 nitrogen and oxygen atoms in total. The average Bonchev–Trinajstić information content (AvgIpc) is 2.89. The Morgan fingerprint density at radius 1 is 1.32 bits per heavy atom. The first-order valence-electron chi connectivity index (χ1n) is 6.78. The van der Waals surface area contributed by atoms with Gasteiger partial charge in [0.25, 0.3) is 5.91 Å². The number of aliphatic carboxylic acids is 1. The van der Waals surface area contributed by atoms with Gasteiger partial charge in [0.15, 0.2) is 5.69 Å². The Kier molecular flexibility index (Phi) is 5.26. The molecule has 2 rings (SSSR count). The quantitative estimate of drug-likeness (QED) is 0.745. The minimum atomic E-state index is -1.04. The largest absolute Gasteiger partial charge is 0.480 e. The van der Waals surface area contributed by atoms with E-state index >= 15 is 0 Å². The number of carbonyl (C=O) groups is 2. The van der Waals surface area contributed by atoms with Crippen molar-refractivity contribution in [3.63, 3.8) is 0 Å². The number of carboxylic acids is 1. The standard InChI is InChI=1S/C15H17N3O4/c1-11-9-13(15(21)16-7-8-22-10-14(19)20)17-18(11)12-5-3-2-4-6-12/h2-6,9H,7-8,10H2,1H3,(H,16,21)(H,19,20). The van der Waals surface area contributed by atoms with Crippen LogP contribution < -0.4 is 5.32 Å². The second-order valence-electron chi connectivity index (χ2n) is 4.62. The lowest BCUT2D eigenvalue weighted by atomic mass is 10.3. The molecule has 0 fully saturated rings. The van der Waals surface area contributed by atoms with Crippen LogP contribution in [0, 0.1) is 6.92 Å². The molecular weight excluding hydrogens is 286 g/mol. The maximum Gasteiger partial charge on any atom is 0.329 e. The van der Waals surface area contributed by atoms with Crippen molar-refractivity contribution in [2.45, 2.75) is 6.92 Å². The molecule has 1 amide bonds. The van der Waals surface area contributed by atoms with E-state index in [1.165, 1.54) is 0 Å². The fourth-order valence-electron chi connectivity index (χ4n) is 1.90. The van der Waals surface area contributed by atoms with Crippen LogP contribution in [-0.2, 0) is 9.53 Å². The van der Waals surface area contributed by atoms with Crippen molar-refractivity contribution >= 4 is 11.9 Å². The molecule has 0 atom stereocenters. The van der Waals surface area contributed by atoms with Crippen molar-refractivity contribution in [1.29, 1.82) is 0 Å². The molecule has 1 aromatic heterocycles. The molecule has 0 saturated heterocycles. The second kappa shape index (κ2) is 7.37. The first-order valence-corrected chi connectivity index (χ1v) is 6.78. The van der Waals surface area contributed by atoms with Crippen molar-refractivity contribution in [2.75, 3.05) is 19.8 Å². The number of aryl methyl sites for hydroxylation is 1. The fraction of sp³-hybridized carbons (Fsp3) is 0.267. The van der Waals surface area contributed by atoms with Gasteiger partial charge in [-0.1, -0.05) is 18.2 Å². The van der Waals surface area contributed by atoms with Crippen molar-refractivity contribution in [3.05, 3.63) is 47.8 Å². The molecule has 0 spiro atoms. The van der Waals surface area contributed by atoms with E-state index in [2.05, 4.69) is 10.4 Å². The summed E-state index contributed by atoms with van der Waals surface area (Å²) in [4.78, 5) is 22.2. The van der Waals surface area contributed by atoms with E-state index in [4.69, 9.17) is 9.84 Å². The summed E-state index contributed by atoms with van der Waals surface area (Å²) in [7, 11) is 0. The van der Waals surface area contributed by atoms with Gasteiger partial charge in [0.05, 0.1) is 12.3 Å². The van der Waals surface area contributed by atoms with Crippen LogP contribution in [0.2, 0.25) is 0 Å². The number of amides is 1. The van der Waals surface area contributed by atoms with Crippen LogP contribution in [0.15, 0.2) is 36.4 Å². The number of hydrogen-bond donors (Lipinski definition) is 2. The number of hydrogen-bond acceptors (Lipinski definition) is 4. The molecule has 0 unspecified atom stereocenters. The van der Waals surface area contributed by atoms with Gasteiger partial charge in [-0.05, 0) is 25.1 Å². The van der Waals surface area contributed by atoms with E-state index in [1.807, 2.05) is 37.3 Å². The highest BCUT2D eigenvalue weighted by atomic mass is 16.5. The van der Waals surface area contributed by atoms with E-state index in [1.54, 1.807) is 10.7 Å². The Bertz CT molecular complexity index is 652. The number of benzene rings is 1. The number of nitrogens with one attached hydrogen (secondary N) is 1. The van der Waals surface area contributed by atoms with Gasteiger partial charge in [-0.2, -0.15) is 5.10 Å². The highest BCUT2D eigenvalue weighted by Crippen LogP contribution is 2.11. The zero-order chi connectivity index (χ0) is 15.9. The smallest absolute Gasteiger partial charge is 0.329 e. The summed E-state index contributed by atoms with van der Waals surface area (Å²) in [5.74, 6) is -1.36. The maximum absolute atomic E-state index is 12.0. The average molecular weight is 303 g/mol. The third kappa shape index (κ3) is 4.16. The molecule has 22 heavy (non-hydrogen) atoms. The first-order chi connectivity index (χ1) is 10.6. The van der Waals surface area contributed by atoms with Crippen LogP contribution in [0.4, 0.5) is 0 Å². The van der Waals surface area contributed by atoms with Gasteiger partial charge in [-0.25, -0.2) is 9.48 Å². The monoisotopic (exact) mass is 303 g/mol. The van der Waals surface area contributed by atoms with Crippen molar-refractivity contribution in [3.8, 4) is 5.69 Å². The van der Waals surface area contributed by atoms with Gasteiger partial charge >= 0.3 is 5.97 Å². The molecule has 1 aromatic carbocycles. The summed E-state index contributed by atoms with van der Waals surface area (Å²) in [6.45, 7) is 1.85. The predicted octanol–water partition coefficient (Wildman–Crippen LogP) is 1.01. The summed E-state index contributed by atoms with van der Waals surface area (Å²) < 4.78 is 6.53. The number of carbonyl (C=O) groups excluding carboxylic acids is 1. The molecule has 2 aromatic rings. The Morgan fingerprint density at radius 2 is 2.05 bits per heavy atom. The number of carboxylic acid groups (broad SMARTS) is 1. The zero-order valence-electron chi connectivity index (χ0n) is 12.2. The maximum atomic E-state index is 12.0.